The number of rotatable bonds is 19. The number of carbonyl (C=O) groups excluding carboxylic acids is 5. The minimum Gasteiger partial charge on any atom is -0.463 e. The van der Waals surface area contributed by atoms with Crippen LogP contribution >= 0.6 is 0 Å². The fourth-order valence-corrected chi connectivity index (χ4v) is 3.75. The monoisotopic (exact) mass is 676 g/mol. The lowest BCUT2D eigenvalue weighted by molar-refractivity contribution is -0.207. The maximum absolute atomic E-state index is 12.7. The van der Waals surface area contributed by atoms with E-state index in [0.29, 0.717) is 37.0 Å². The zero-order chi connectivity index (χ0) is 35.4. The minimum atomic E-state index is -0.916. The van der Waals surface area contributed by atoms with Crippen LogP contribution in [0, 0.1) is 6.92 Å². The third kappa shape index (κ3) is 13.7. The molecule has 13 heteroatoms. The molecule has 0 aliphatic rings. The lowest BCUT2D eigenvalue weighted by atomic mass is 10.2. The van der Waals surface area contributed by atoms with E-state index in [0.717, 1.165) is 12.2 Å². The Morgan fingerprint density at radius 3 is 1.61 bits per heavy atom. The molecule has 0 spiro atoms. The number of hydrogen-bond acceptors (Lipinski definition) is 13. The van der Waals surface area contributed by atoms with Crippen molar-refractivity contribution in [3.63, 3.8) is 0 Å². The Hall–Kier alpha value is -5.95. The fraction of sp³-hybridized carbons (Fsp3) is 0.250. The second-order valence-corrected chi connectivity index (χ2v) is 10.0. The number of unbranched alkanes of at least 4 members (excludes halogenated alkanes) is 2. The third-order valence-electron chi connectivity index (χ3n) is 6.30. The van der Waals surface area contributed by atoms with Gasteiger partial charge in [-0.15, -0.1) is 0 Å². The van der Waals surface area contributed by atoms with Gasteiger partial charge in [0.25, 0.3) is 0 Å². The molecule has 0 radical (unpaired) electrons. The predicted molar refractivity (Wildman–Crippen MR) is 173 cm³/mol. The van der Waals surface area contributed by atoms with Crippen molar-refractivity contribution in [2.75, 3.05) is 26.4 Å². The molecular formula is C36H36O13. The zero-order valence-corrected chi connectivity index (χ0v) is 26.9. The molecule has 0 saturated carbocycles. The fourth-order valence-electron chi connectivity index (χ4n) is 3.75. The quantitative estimate of drug-likeness (QED) is 0.0204. The van der Waals surface area contributed by atoms with E-state index in [1.54, 1.807) is 25.1 Å². The summed E-state index contributed by atoms with van der Waals surface area (Å²) in [6.07, 6.45) is 3.43. The Labute approximate surface area is 282 Å². The summed E-state index contributed by atoms with van der Waals surface area (Å²) in [6, 6.07) is 16.4. The van der Waals surface area contributed by atoms with E-state index in [1.807, 2.05) is 0 Å². The van der Waals surface area contributed by atoms with Gasteiger partial charge in [0.1, 0.15) is 17.2 Å². The summed E-state index contributed by atoms with van der Waals surface area (Å²) in [7, 11) is 0. The van der Waals surface area contributed by atoms with Crippen LogP contribution in [-0.2, 0) is 28.7 Å². The van der Waals surface area contributed by atoms with Crippen LogP contribution in [0.25, 0.3) is 0 Å². The van der Waals surface area contributed by atoms with Gasteiger partial charge >= 0.3 is 30.0 Å². The van der Waals surface area contributed by atoms with Gasteiger partial charge in [-0.25, -0.2) is 24.0 Å². The Kier molecular flexibility index (Phi) is 15.6. The Morgan fingerprint density at radius 1 is 0.571 bits per heavy atom. The molecule has 0 heterocycles. The number of benzene rings is 3. The van der Waals surface area contributed by atoms with Gasteiger partial charge in [-0.1, -0.05) is 13.2 Å². The second kappa shape index (κ2) is 20.3. The van der Waals surface area contributed by atoms with Crippen molar-refractivity contribution in [3.8, 4) is 23.0 Å². The summed E-state index contributed by atoms with van der Waals surface area (Å²) in [5.41, 5.74) is 1.02. The van der Waals surface area contributed by atoms with E-state index >= 15 is 0 Å². The van der Waals surface area contributed by atoms with Crippen LogP contribution in [0.5, 0.6) is 23.0 Å². The molecule has 13 nitrogen and oxygen atoms in total. The smallest absolute Gasteiger partial charge is 0.463 e. The van der Waals surface area contributed by atoms with Crippen LogP contribution in [0.3, 0.4) is 0 Å². The summed E-state index contributed by atoms with van der Waals surface area (Å²) < 4.78 is 30.7. The summed E-state index contributed by atoms with van der Waals surface area (Å²) >= 11 is 0. The first kappa shape index (κ1) is 37.5. The summed E-state index contributed by atoms with van der Waals surface area (Å²) in [5.74, 6) is -1.21. The average Bonchev–Trinajstić information content (AvgIpc) is 3.10. The molecule has 0 aliphatic carbocycles. The summed E-state index contributed by atoms with van der Waals surface area (Å²) in [6.45, 7) is 9.11. The van der Waals surface area contributed by atoms with Gasteiger partial charge in [-0.3, -0.25) is 0 Å². The molecule has 0 aromatic heterocycles. The van der Waals surface area contributed by atoms with Crippen LogP contribution in [0.4, 0.5) is 4.79 Å². The number of ether oxygens (including phenoxy) is 6. The minimum absolute atomic E-state index is 0.0761. The number of hydrogen-bond donors (Lipinski definition) is 0. The van der Waals surface area contributed by atoms with E-state index < -0.39 is 30.0 Å². The normalized spacial score (nSPS) is 10.2. The van der Waals surface area contributed by atoms with Crippen molar-refractivity contribution >= 4 is 30.0 Å². The first-order chi connectivity index (χ1) is 23.7. The molecule has 0 unspecified atom stereocenters. The van der Waals surface area contributed by atoms with Crippen LogP contribution in [0.15, 0.2) is 92.0 Å². The molecule has 0 fully saturated rings. The van der Waals surface area contributed by atoms with Crippen molar-refractivity contribution in [2.24, 2.45) is 0 Å². The molecule has 0 aliphatic heterocycles. The summed E-state index contributed by atoms with van der Waals surface area (Å²) in [4.78, 5) is 69.5. The Morgan fingerprint density at radius 2 is 1.06 bits per heavy atom. The summed E-state index contributed by atoms with van der Waals surface area (Å²) in [5, 5.41) is 0. The SMILES string of the molecule is C=CC(=O)OCCCCOOc1ccc(C(=O)Oc2ccc(OC(=O)c3ccc(OC(=O)OCCCCOC(=O)C=C)cc3)c(C)c2)cc1. The Balaban J connectivity index is 1.39. The molecule has 258 valence electrons. The van der Waals surface area contributed by atoms with Crippen LogP contribution in [-0.4, -0.2) is 56.5 Å². The Bertz CT molecular complexity index is 1590. The van der Waals surface area contributed by atoms with Gasteiger partial charge in [-0.05, 0) is 105 Å². The van der Waals surface area contributed by atoms with Crippen LogP contribution < -0.4 is 19.1 Å². The van der Waals surface area contributed by atoms with E-state index in [-0.39, 0.29) is 54.8 Å². The van der Waals surface area contributed by atoms with Gasteiger partial charge in [0.05, 0.1) is 37.6 Å². The van der Waals surface area contributed by atoms with Gasteiger partial charge in [0, 0.05) is 12.2 Å². The standard InChI is InChI=1S/C36H36O13/c1-4-32(37)42-20-6-7-22-44-36(41)47-28-14-10-27(11-15-28)35(40)48-31-19-18-30(24-25(31)3)46-34(39)26-12-16-29(17-13-26)49-45-23-9-8-21-43-33(38)5-2/h4-5,10-19,24H,1-2,6-9,20-23H2,3H3. The van der Waals surface area contributed by atoms with Crippen molar-refractivity contribution in [3.05, 3.63) is 109 Å². The molecule has 3 aromatic rings. The van der Waals surface area contributed by atoms with Gasteiger partial charge < -0.3 is 33.3 Å². The van der Waals surface area contributed by atoms with Crippen LogP contribution in [0.1, 0.15) is 52.0 Å². The van der Waals surface area contributed by atoms with Crippen LogP contribution in [0.2, 0.25) is 0 Å². The van der Waals surface area contributed by atoms with E-state index in [2.05, 4.69) is 13.2 Å². The van der Waals surface area contributed by atoms with E-state index in [1.165, 1.54) is 48.5 Å². The highest BCUT2D eigenvalue weighted by Crippen LogP contribution is 2.26. The first-order valence-electron chi connectivity index (χ1n) is 15.2. The number of carbonyl (C=O) groups is 5. The molecule has 3 rings (SSSR count). The lowest BCUT2D eigenvalue weighted by Gasteiger charge is -2.11. The highest BCUT2D eigenvalue weighted by Gasteiger charge is 2.15. The van der Waals surface area contributed by atoms with E-state index in [9.17, 15) is 24.0 Å². The first-order valence-corrected chi connectivity index (χ1v) is 15.2. The predicted octanol–water partition coefficient (Wildman–Crippen LogP) is 6.28. The zero-order valence-electron chi connectivity index (χ0n) is 26.9. The second-order valence-electron chi connectivity index (χ2n) is 10.0. The van der Waals surface area contributed by atoms with E-state index in [4.69, 9.17) is 38.2 Å². The topological polar surface area (TPSA) is 159 Å². The van der Waals surface area contributed by atoms with Gasteiger partial charge in [0.15, 0.2) is 5.75 Å². The largest absolute Gasteiger partial charge is 0.513 e. The highest BCUT2D eigenvalue weighted by molar-refractivity contribution is 5.92. The molecule has 0 amide bonds. The molecule has 3 aromatic carbocycles. The average molecular weight is 677 g/mol. The lowest BCUT2D eigenvalue weighted by Crippen LogP contribution is -2.13. The maximum Gasteiger partial charge on any atom is 0.513 e. The molecule has 0 N–H and O–H groups in total. The number of esters is 4. The van der Waals surface area contributed by atoms with Crippen molar-refractivity contribution in [1.29, 1.82) is 0 Å². The molecular weight excluding hydrogens is 640 g/mol. The third-order valence-corrected chi connectivity index (χ3v) is 6.30. The highest BCUT2D eigenvalue weighted by atomic mass is 17.2. The molecule has 0 atom stereocenters. The molecule has 0 saturated heterocycles. The number of aryl methyl sites for hydroxylation is 1. The van der Waals surface area contributed by atoms with Gasteiger partial charge in [-0.2, -0.15) is 4.89 Å². The maximum atomic E-state index is 12.7. The van der Waals surface area contributed by atoms with Gasteiger partial charge in [0.2, 0.25) is 0 Å². The molecule has 0 bridgehead atoms. The van der Waals surface area contributed by atoms with Crippen molar-refractivity contribution < 1.29 is 62.2 Å². The molecule has 49 heavy (non-hydrogen) atoms. The van der Waals surface area contributed by atoms with Crippen molar-refractivity contribution in [1.82, 2.24) is 0 Å². The van der Waals surface area contributed by atoms with Crippen molar-refractivity contribution in [2.45, 2.75) is 32.6 Å².